The van der Waals surface area contributed by atoms with Gasteiger partial charge in [0, 0.05) is 47.6 Å². The van der Waals surface area contributed by atoms with Crippen molar-refractivity contribution in [3.8, 4) is 0 Å². The molecule has 0 saturated heterocycles. The fourth-order valence-electron chi connectivity index (χ4n) is 0. The first-order chi connectivity index (χ1) is 7.66. The molecule has 0 aliphatic rings. The number of ether oxygens (including phenoxy) is 1. The second-order valence-corrected chi connectivity index (χ2v) is 2.86. The van der Waals surface area contributed by atoms with Crippen LogP contribution in [-0.2, 0) is 9.53 Å². The third-order valence-electron chi connectivity index (χ3n) is 0.455. The standard InChI is InChI=1S/C3H8O.C3H6O.C2H5Br.C2H6O.CH4O.B.BrH.K.Na.2H/c1-3-4-2;1-2-3-4;2*1-2-3;1-2;;;;;;/h3H2,1-2H3;3H,2H2,1H3;2H2,1H3;3H,2H2,1H3;2H,1H3;;1H;;;;/q;;;;;;;2*+1;2*-1. The van der Waals surface area contributed by atoms with Gasteiger partial charge in [0.15, 0.2) is 0 Å². The van der Waals surface area contributed by atoms with E-state index in [4.69, 9.17) is 10.2 Å². The van der Waals surface area contributed by atoms with Gasteiger partial charge in [-0.2, -0.15) is 0 Å². The van der Waals surface area contributed by atoms with E-state index in [1.165, 1.54) is 0 Å². The Hall–Kier alpha value is 3.21. The molecule has 0 bridgehead atoms. The van der Waals surface area contributed by atoms with Gasteiger partial charge in [-0.15, -0.1) is 17.0 Å². The molecule has 0 aromatic rings. The van der Waals surface area contributed by atoms with Crippen LogP contribution in [0.25, 0.3) is 0 Å². The third kappa shape index (κ3) is 319. The quantitative estimate of drug-likeness (QED) is 0.257. The molecule has 9 heteroatoms. The molecule has 0 unspecified atom stereocenters. The van der Waals surface area contributed by atoms with E-state index in [1.807, 2.05) is 20.8 Å². The zero-order valence-corrected chi connectivity index (χ0v) is 22.9. The molecule has 119 valence electrons. The summed E-state index contributed by atoms with van der Waals surface area (Å²) < 4.78 is 4.54. The van der Waals surface area contributed by atoms with Crippen LogP contribution < -0.4 is 80.9 Å². The van der Waals surface area contributed by atoms with Crippen molar-refractivity contribution in [2.45, 2.75) is 34.1 Å². The smallest absolute Gasteiger partial charge is 1.00 e. The van der Waals surface area contributed by atoms with E-state index in [1.54, 1.807) is 14.0 Å². The van der Waals surface area contributed by atoms with E-state index in [0.29, 0.717) is 6.42 Å². The predicted octanol–water partition coefficient (Wildman–Crippen LogP) is -3.31. The molecule has 0 atom stereocenters. The number of carbonyl (C=O) groups is 1. The Morgan fingerprint density at radius 1 is 1.20 bits per heavy atom. The Morgan fingerprint density at radius 3 is 1.30 bits per heavy atom. The number of methoxy groups -OCH3 is 1. The summed E-state index contributed by atoms with van der Waals surface area (Å²) in [6, 6.07) is 0. The number of hydrogen-bond donors (Lipinski definition) is 2. The van der Waals surface area contributed by atoms with Gasteiger partial charge in [-0.25, -0.2) is 0 Å². The van der Waals surface area contributed by atoms with Crippen molar-refractivity contribution in [1.82, 2.24) is 0 Å². The SMILES string of the molecule is Br.CCBr.CCC=O.CCO.CCOC.CO.[B].[H-].[H-].[K+].[Na+]. The third-order valence-corrected chi connectivity index (χ3v) is 0.455. The Morgan fingerprint density at radius 2 is 1.30 bits per heavy atom. The summed E-state index contributed by atoms with van der Waals surface area (Å²) >= 11 is 3.15. The number of alkyl halides is 1. The fraction of sp³-hybridized carbons (Fsp3) is 0.909. The van der Waals surface area contributed by atoms with Crippen LogP contribution in [0.2, 0.25) is 0 Å². The maximum absolute atomic E-state index is 9.17. The molecule has 0 spiro atoms. The summed E-state index contributed by atoms with van der Waals surface area (Å²) in [7, 11) is 2.68. The van der Waals surface area contributed by atoms with E-state index in [0.717, 1.165) is 25.3 Å². The van der Waals surface area contributed by atoms with Gasteiger partial charge in [-0.1, -0.05) is 29.8 Å². The molecule has 0 aliphatic carbocycles. The molecule has 0 aromatic heterocycles. The summed E-state index contributed by atoms with van der Waals surface area (Å²) in [6.07, 6.45) is 1.51. The maximum Gasteiger partial charge on any atom is 1.00 e. The second-order valence-electron chi connectivity index (χ2n) is 1.74. The van der Waals surface area contributed by atoms with Gasteiger partial charge < -0.3 is 22.6 Å². The molecule has 4 nitrogen and oxygen atoms in total. The fourth-order valence-corrected chi connectivity index (χ4v) is 0. The van der Waals surface area contributed by atoms with Crippen molar-refractivity contribution in [1.29, 1.82) is 0 Å². The van der Waals surface area contributed by atoms with Crippen molar-refractivity contribution >= 4 is 47.6 Å². The van der Waals surface area contributed by atoms with Crippen LogP contribution in [0.3, 0.4) is 0 Å². The normalized spacial score (nSPS) is 4.85. The minimum Gasteiger partial charge on any atom is -1.00 e. The number of halogens is 2. The molecular weight excluding hydrogens is 429 g/mol. The van der Waals surface area contributed by atoms with Crippen molar-refractivity contribution in [2.75, 3.05) is 32.8 Å². The number of rotatable bonds is 2. The number of carbonyl (C=O) groups excluding carboxylic acids is 1. The van der Waals surface area contributed by atoms with Crippen molar-refractivity contribution in [2.24, 2.45) is 0 Å². The van der Waals surface area contributed by atoms with Crippen molar-refractivity contribution < 1.29 is 104 Å². The van der Waals surface area contributed by atoms with E-state index >= 15 is 0 Å². The molecule has 0 aromatic carbocycles. The summed E-state index contributed by atoms with van der Waals surface area (Å²) in [5.41, 5.74) is 0. The van der Waals surface area contributed by atoms with Crippen LogP contribution in [0.5, 0.6) is 0 Å². The first kappa shape index (κ1) is 56.7. The molecule has 2 N–H and O–H groups in total. The monoisotopic (exact) mass is 459 g/mol. The van der Waals surface area contributed by atoms with Gasteiger partial charge in [0.1, 0.15) is 6.29 Å². The van der Waals surface area contributed by atoms with E-state index in [9.17, 15) is 4.79 Å². The average molecular weight is 461 g/mol. The summed E-state index contributed by atoms with van der Waals surface area (Å²) in [5, 5.41) is 15.6. The summed E-state index contributed by atoms with van der Waals surface area (Å²) in [6.45, 7) is 8.56. The van der Waals surface area contributed by atoms with Gasteiger partial charge in [0.25, 0.3) is 0 Å². The Bertz CT molecular complexity index is 90.1. The van der Waals surface area contributed by atoms with Crippen LogP contribution in [0.4, 0.5) is 0 Å². The van der Waals surface area contributed by atoms with Gasteiger partial charge in [-0.05, 0) is 13.8 Å². The molecule has 3 radical (unpaired) electrons. The van der Waals surface area contributed by atoms with Gasteiger partial charge >= 0.3 is 80.9 Å². The summed E-state index contributed by atoms with van der Waals surface area (Å²) in [4.78, 5) is 9.17. The Labute approximate surface area is 214 Å². The maximum atomic E-state index is 9.17. The molecular formula is C11H32BBr2KNaO4. The first-order valence-corrected chi connectivity index (χ1v) is 6.32. The summed E-state index contributed by atoms with van der Waals surface area (Å²) in [5.74, 6) is 0. The molecule has 0 aliphatic heterocycles. The van der Waals surface area contributed by atoms with Crippen LogP contribution in [-0.4, -0.2) is 57.7 Å². The van der Waals surface area contributed by atoms with E-state index in [-0.39, 0.29) is 116 Å². The first-order valence-electron chi connectivity index (χ1n) is 5.20. The molecule has 0 saturated carbocycles. The second kappa shape index (κ2) is 118. The van der Waals surface area contributed by atoms with Crippen LogP contribution in [0.15, 0.2) is 0 Å². The predicted molar refractivity (Wildman–Crippen MR) is 92.6 cm³/mol. The molecule has 0 rings (SSSR count). The van der Waals surface area contributed by atoms with Crippen molar-refractivity contribution in [3.05, 3.63) is 0 Å². The Kier molecular flexibility index (Phi) is 334. The number of hydrogen-bond acceptors (Lipinski definition) is 4. The number of aliphatic hydroxyl groups excluding tert-OH is 2. The average Bonchev–Trinajstić information content (AvgIpc) is 2.33. The largest absolute Gasteiger partial charge is 1.00 e. The van der Waals surface area contributed by atoms with Gasteiger partial charge in [-0.3, -0.25) is 0 Å². The minimum absolute atomic E-state index is 0. The van der Waals surface area contributed by atoms with Crippen molar-refractivity contribution in [3.63, 3.8) is 0 Å². The van der Waals surface area contributed by atoms with Crippen LogP contribution in [0, 0.1) is 0 Å². The van der Waals surface area contributed by atoms with Gasteiger partial charge in [0.05, 0.1) is 0 Å². The minimum atomic E-state index is 0. The Balaban J connectivity index is -0.00000000726. The van der Waals surface area contributed by atoms with Crippen LogP contribution in [0.1, 0.15) is 37.0 Å². The van der Waals surface area contributed by atoms with E-state index < -0.39 is 0 Å². The van der Waals surface area contributed by atoms with E-state index in [2.05, 4.69) is 20.7 Å². The molecule has 0 amide bonds. The molecule has 0 heterocycles. The van der Waals surface area contributed by atoms with Gasteiger partial charge in [0.2, 0.25) is 0 Å². The number of aliphatic hydroxyl groups is 2. The topological polar surface area (TPSA) is 66.8 Å². The zero-order chi connectivity index (χ0) is 14.2. The number of aldehydes is 1. The molecule has 20 heavy (non-hydrogen) atoms. The zero-order valence-electron chi connectivity index (χ0n) is 16.5. The van der Waals surface area contributed by atoms with Crippen LogP contribution >= 0.6 is 32.9 Å². The molecule has 0 fully saturated rings.